The lowest BCUT2D eigenvalue weighted by Gasteiger charge is -2.09. The lowest BCUT2D eigenvalue weighted by atomic mass is 10.2. The molecule has 1 heterocycles. The summed E-state index contributed by atoms with van der Waals surface area (Å²) in [5.41, 5.74) is 0.339. The van der Waals surface area contributed by atoms with Crippen LogP contribution in [-0.2, 0) is 5.33 Å². The number of rotatable bonds is 3. The number of hydrogen-bond donors (Lipinski definition) is 0. The summed E-state index contributed by atoms with van der Waals surface area (Å²) in [6, 6.07) is 5.02. The molecule has 0 radical (unpaired) electrons. The molecule has 0 unspecified atom stereocenters. The van der Waals surface area contributed by atoms with Crippen LogP contribution in [0, 0.1) is 5.82 Å². The molecule has 1 aromatic carbocycles. The Labute approximate surface area is 117 Å². The first-order valence-electron chi connectivity index (χ1n) is 5.66. The second-order valence-electron chi connectivity index (χ2n) is 4.27. The van der Waals surface area contributed by atoms with Crippen molar-refractivity contribution < 1.29 is 4.39 Å². The van der Waals surface area contributed by atoms with Crippen LogP contribution in [0.1, 0.15) is 24.7 Å². The summed E-state index contributed by atoms with van der Waals surface area (Å²) in [5.74, 6) is 0.972. The maximum Gasteiger partial charge on any atom is 0.168 e. The lowest BCUT2D eigenvalue weighted by molar-refractivity contribution is 0.626. The average Bonchev–Trinajstić information content (AvgIpc) is 3.10. The molecule has 1 aliphatic rings. The molecule has 0 amide bonds. The Hall–Kier alpha value is -0.940. The largest absolute Gasteiger partial charge is 0.307 e. The summed E-state index contributed by atoms with van der Waals surface area (Å²) < 4.78 is 15.9. The zero-order valence-corrected chi connectivity index (χ0v) is 11.7. The van der Waals surface area contributed by atoms with E-state index in [1.54, 1.807) is 12.1 Å². The van der Waals surface area contributed by atoms with Gasteiger partial charge in [0, 0.05) is 6.04 Å². The summed E-state index contributed by atoms with van der Waals surface area (Å²) in [6.45, 7) is 0. The van der Waals surface area contributed by atoms with Crippen molar-refractivity contribution in [2.45, 2.75) is 24.2 Å². The zero-order valence-electron chi connectivity index (χ0n) is 9.41. The predicted molar refractivity (Wildman–Crippen MR) is 71.3 cm³/mol. The number of aromatic nitrogens is 3. The van der Waals surface area contributed by atoms with E-state index in [9.17, 15) is 4.39 Å². The second-order valence-corrected chi connectivity index (χ2v) is 5.24. The van der Waals surface area contributed by atoms with E-state index in [1.165, 1.54) is 6.07 Å². The average molecular weight is 331 g/mol. The Bertz CT molecular complexity index is 575. The van der Waals surface area contributed by atoms with Crippen molar-refractivity contribution in [2.24, 2.45) is 0 Å². The van der Waals surface area contributed by atoms with Gasteiger partial charge in [-0.15, -0.1) is 10.2 Å². The standard InChI is InChI=1S/C12H10BrClFN3/c13-6-10-16-17-12(18(10)7-4-5-7)11-8(14)2-1-3-9(11)15/h1-3,7H,4-6H2. The smallest absolute Gasteiger partial charge is 0.168 e. The topological polar surface area (TPSA) is 30.7 Å². The van der Waals surface area contributed by atoms with Gasteiger partial charge in [-0.2, -0.15) is 0 Å². The molecule has 0 atom stereocenters. The molecule has 3 nitrogen and oxygen atoms in total. The maximum atomic E-state index is 13.9. The Kier molecular flexibility index (Phi) is 3.11. The highest BCUT2D eigenvalue weighted by Crippen LogP contribution is 2.41. The van der Waals surface area contributed by atoms with E-state index < -0.39 is 0 Å². The van der Waals surface area contributed by atoms with Crippen LogP contribution >= 0.6 is 27.5 Å². The van der Waals surface area contributed by atoms with Gasteiger partial charge in [0.1, 0.15) is 11.6 Å². The van der Waals surface area contributed by atoms with Gasteiger partial charge < -0.3 is 4.57 Å². The summed E-state index contributed by atoms with van der Waals surface area (Å²) in [7, 11) is 0. The predicted octanol–water partition coefficient (Wildman–Crippen LogP) is 3.97. The van der Waals surface area contributed by atoms with Gasteiger partial charge in [0.15, 0.2) is 5.82 Å². The van der Waals surface area contributed by atoms with Gasteiger partial charge in [0.2, 0.25) is 0 Å². The van der Waals surface area contributed by atoms with Crippen molar-refractivity contribution >= 4 is 27.5 Å². The molecule has 94 valence electrons. The Balaban J connectivity index is 2.20. The molecule has 6 heteroatoms. The number of nitrogens with zero attached hydrogens (tertiary/aromatic N) is 3. The van der Waals surface area contributed by atoms with Crippen LogP contribution in [0.2, 0.25) is 5.02 Å². The Morgan fingerprint density at radius 3 is 2.78 bits per heavy atom. The molecular formula is C12H10BrClFN3. The molecule has 0 bridgehead atoms. The van der Waals surface area contributed by atoms with Crippen molar-refractivity contribution in [3.05, 3.63) is 34.9 Å². The summed E-state index contributed by atoms with van der Waals surface area (Å²) >= 11 is 9.46. The van der Waals surface area contributed by atoms with E-state index >= 15 is 0 Å². The van der Waals surface area contributed by atoms with Gasteiger partial charge in [-0.3, -0.25) is 0 Å². The minimum Gasteiger partial charge on any atom is -0.307 e. The fourth-order valence-corrected chi connectivity index (χ4v) is 2.64. The third kappa shape index (κ3) is 1.95. The monoisotopic (exact) mass is 329 g/mol. The van der Waals surface area contributed by atoms with Crippen LogP contribution in [0.15, 0.2) is 18.2 Å². The third-order valence-corrected chi connectivity index (χ3v) is 3.80. The first-order valence-corrected chi connectivity index (χ1v) is 7.16. The number of benzene rings is 1. The molecule has 1 fully saturated rings. The second kappa shape index (κ2) is 4.63. The first kappa shape index (κ1) is 12.1. The van der Waals surface area contributed by atoms with Crippen molar-refractivity contribution in [2.75, 3.05) is 0 Å². The van der Waals surface area contributed by atoms with Crippen LogP contribution in [0.3, 0.4) is 0 Å². The first-order chi connectivity index (χ1) is 8.72. The van der Waals surface area contributed by atoms with Gasteiger partial charge in [-0.25, -0.2) is 4.39 Å². The molecule has 0 saturated heterocycles. The van der Waals surface area contributed by atoms with Crippen LogP contribution in [0.5, 0.6) is 0 Å². The summed E-state index contributed by atoms with van der Waals surface area (Å²) in [4.78, 5) is 0. The van der Waals surface area contributed by atoms with Gasteiger partial charge in [0.25, 0.3) is 0 Å². The van der Waals surface area contributed by atoms with Crippen LogP contribution < -0.4 is 0 Å². The molecule has 0 aliphatic heterocycles. The molecule has 1 aromatic heterocycles. The van der Waals surface area contributed by atoms with Crippen LogP contribution in [0.4, 0.5) is 4.39 Å². The van der Waals surface area contributed by atoms with E-state index in [4.69, 9.17) is 11.6 Å². The molecule has 2 aromatic rings. The molecule has 3 rings (SSSR count). The van der Waals surface area contributed by atoms with E-state index in [0.717, 1.165) is 18.7 Å². The van der Waals surface area contributed by atoms with Gasteiger partial charge in [-0.1, -0.05) is 33.6 Å². The fraction of sp³-hybridized carbons (Fsp3) is 0.333. The highest BCUT2D eigenvalue weighted by atomic mass is 79.9. The minimum atomic E-state index is -0.363. The molecule has 0 spiro atoms. The SMILES string of the molecule is Fc1cccc(Cl)c1-c1nnc(CBr)n1C1CC1. The lowest BCUT2D eigenvalue weighted by Crippen LogP contribution is -2.03. The van der Waals surface area contributed by atoms with E-state index in [2.05, 4.69) is 26.1 Å². The van der Waals surface area contributed by atoms with E-state index in [-0.39, 0.29) is 5.82 Å². The molecule has 1 saturated carbocycles. The van der Waals surface area contributed by atoms with Gasteiger partial charge in [-0.05, 0) is 25.0 Å². The zero-order chi connectivity index (χ0) is 12.7. The van der Waals surface area contributed by atoms with Crippen molar-refractivity contribution in [1.82, 2.24) is 14.8 Å². The molecule has 1 aliphatic carbocycles. The van der Waals surface area contributed by atoms with E-state index in [0.29, 0.717) is 27.8 Å². The van der Waals surface area contributed by atoms with E-state index in [1.807, 2.05) is 4.57 Å². The maximum absolute atomic E-state index is 13.9. The quantitative estimate of drug-likeness (QED) is 0.797. The minimum absolute atomic E-state index is 0.339. The Morgan fingerprint density at radius 2 is 2.17 bits per heavy atom. The highest BCUT2D eigenvalue weighted by Gasteiger charge is 2.31. The Morgan fingerprint density at radius 1 is 1.39 bits per heavy atom. The normalized spacial score (nSPS) is 15.1. The fourth-order valence-electron chi connectivity index (χ4n) is 2.01. The summed E-state index contributed by atoms with van der Waals surface area (Å²) in [5, 5.41) is 9.16. The van der Waals surface area contributed by atoms with Crippen molar-refractivity contribution in [3.63, 3.8) is 0 Å². The highest BCUT2D eigenvalue weighted by molar-refractivity contribution is 9.08. The number of hydrogen-bond acceptors (Lipinski definition) is 2. The van der Waals surface area contributed by atoms with Crippen LogP contribution in [-0.4, -0.2) is 14.8 Å². The van der Waals surface area contributed by atoms with Gasteiger partial charge in [0.05, 0.1) is 15.9 Å². The van der Waals surface area contributed by atoms with Crippen LogP contribution in [0.25, 0.3) is 11.4 Å². The van der Waals surface area contributed by atoms with Crippen molar-refractivity contribution in [3.8, 4) is 11.4 Å². The van der Waals surface area contributed by atoms with Crippen molar-refractivity contribution in [1.29, 1.82) is 0 Å². The summed E-state index contributed by atoms with van der Waals surface area (Å²) in [6.07, 6.45) is 2.16. The third-order valence-electron chi connectivity index (χ3n) is 2.98. The molecule has 18 heavy (non-hydrogen) atoms. The molecular weight excluding hydrogens is 321 g/mol. The molecule has 0 N–H and O–H groups in total. The number of alkyl halides is 1. The number of halogens is 3. The van der Waals surface area contributed by atoms with Gasteiger partial charge >= 0.3 is 0 Å².